The van der Waals surface area contributed by atoms with Gasteiger partial charge in [0.05, 0.1) is 23.6 Å². The van der Waals surface area contributed by atoms with Gasteiger partial charge in [-0.3, -0.25) is 0 Å². The lowest BCUT2D eigenvalue weighted by Gasteiger charge is -2.15. The second-order valence-electron chi connectivity index (χ2n) is 11.3. The molecule has 2 heterocycles. The molecule has 2 aromatic heterocycles. The van der Waals surface area contributed by atoms with Crippen LogP contribution in [0.1, 0.15) is 6.85 Å². The van der Waals surface area contributed by atoms with Gasteiger partial charge in [-0.2, -0.15) is 0 Å². The van der Waals surface area contributed by atoms with Crippen molar-refractivity contribution >= 4 is 32.6 Å². The highest BCUT2D eigenvalue weighted by Crippen LogP contribution is 2.38. The summed E-state index contributed by atoms with van der Waals surface area (Å²) >= 11 is 0. The molecule has 0 spiro atoms. The Morgan fingerprint density at radius 3 is 1.57 bits per heavy atom. The van der Waals surface area contributed by atoms with Gasteiger partial charge >= 0.3 is 0 Å². The molecule has 0 aliphatic carbocycles. The van der Waals surface area contributed by atoms with Crippen molar-refractivity contribution in [3.05, 3.63) is 170 Å². The fraction of sp³-hybridized carbons (Fsp3) is 0. The van der Waals surface area contributed by atoms with Crippen LogP contribution in [0.2, 0.25) is 0 Å². The molecule has 0 N–H and O–H groups in total. The Morgan fingerprint density at radius 2 is 0.894 bits per heavy atom. The van der Waals surface area contributed by atoms with Crippen molar-refractivity contribution in [1.82, 2.24) is 19.5 Å². The van der Waals surface area contributed by atoms with Gasteiger partial charge in [0.25, 0.3) is 0 Å². The Morgan fingerprint density at radius 1 is 0.383 bits per heavy atom. The van der Waals surface area contributed by atoms with Crippen LogP contribution in [-0.4, -0.2) is 19.5 Å². The maximum atomic E-state index is 8.74. The highest BCUT2D eigenvalue weighted by Gasteiger charge is 2.18. The summed E-state index contributed by atoms with van der Waals surface area (Å²) in [5, 5.41) is 4.19. The van der Waals surface area contributed by atoms with E-state index in [4.69, 9.17) is 21.8 Å². The van der Waals surface area contributed by atoms with Crippen molar-refractivity contribution in [2.24, 2.45) is 0 Å². The minimum atomic E-state index is -0.476. The van der Waals surface area contributed by atoms with Crippen molar-refractivity contribution in [3.8, 4) is 51.0 Å². The van der Waals surface area contributed by atoms with Crippen LogP contribution in [0.5, 0.6) is 0 Å². The largest absolute Gasteiger partial charge is 0.309 e. The van der Waals surface area contributed by atoms with Crippen LogP contribution in [0.25, 0.3) is 83.6 Å². The first kappa shape index (κ1) is 22.2. The molecule has 0 atom stereocenters. The average molecular weight is 606 g/mol. The predicted octanol–water partition coefficient (Wildman–Crippen LogP) is 10.8. The molecule has 4 nitrogen and oxygen atoms in total. The van der Waals surface area contributed by atoms with Gasteiger partial charge in [-0.25, -0.2) is 15.0 Å². The summed E-state index contributed by atoms with van der Waals surface area (Å²) in [6.45, 7) is 0. The lowest BCUT2D eigenvalue weighted by atomic mass is 10.0. The molecule has 220 valence electrons. The molecule has 4 heteroatoms. The minimum absolute atomic E-state index is 0.000286. The quantitative estimate of drug-likeness (QED) is 0.196. The number of aromatic nitrogens is 4. The second-order valence-corrected chi connectivity index (χ2v) is 11.3. The van der Waals surface area contributed by atoms with E-state index in [-0.39, 0.29) is 23.5 Å². The van der Waals surface area contributed by atoms with Gasteiger partial charge in [0, 0.05) is 32.8 Å². The molecule has 0 amide bonds. The molecule has 9 aromatic rings. The third kappa shape index (κ3) is 4.66. The minimum Gasteiger partial charge on any atom is -0.309 e. The fourth-order valence-corrected chi connectivity index (χ4v) is 6.40. The van der Waals surface area contributed by atoms with Gasteiger partial charge in [-0.1, -0.05) is 145 Å². The highest BCUT2D eigenvalue weighted by atomic mass is 15.0. The zero-order valence-electron chi connectivity index (χ0n) is 30.1. The second kappa shape index (κ2) is 11.2. The first-order valence-corrected chi connectivity index (χ1v) is 15.4. The SMILES string of the molecule is [2H]c1c([2H])c([2H])c(-c2nc(-c3ccc(-c4ccccc4)cc3)nc(-c3ccc(-n4c5ccccc5c5ccccc54)c4ccccc34)n2)c([2H])c1[2H]. The number of hydrogen-bond acceptors (Lipinski definition) is 3. The number of nitrogens with zero attached hydrogens (tertiary/aromatic N) is 4. The Balaban J connectivity index is 1.28. The molecule has 0 fully saturated rings. The Kier molecular flexibility index (Phi) is 5.28. The third-order valence-electron chi connectivity index (χ3n) is 8.57. The van der Waals surface area contributed by atoms with E-state index >= 15 is 0 Å². The molecule has 0 aliphatic rings. The topological polar surface area (TPSA) is 43.6 Å². The van der Waals surface area contributed by atoms with Gasteiger partial charge in [0.1, 0.15) is 0 Å². The van der Waals surface area contributed by atoms with E-state index in [9.17, 15) is 0 Å². The van der Waals surface area contributed by atoms with Crippen molar-refractivity contribution in [2.45, 2.75) is 0 Å². The lowest BCUT2D eigenvalue weighted by Crippen LogP contribution is -2.01. The number of fused-ring (bicyclic) bond motifs is 4. The van der Waals surface area contributed by atoms with Crippen LogP contribution in [0.4, 0.5) is 0 Å². The smallest absolute Gasteiger partial charge is 0.164 e. The van der Waals surface area contributed by atoms with E-state index in [2.05, 4.69) is 53.1 Å². The summed E-state index contributed by atoms with van der Waals surface area (Å²) in [5.41, 5.74) is 6.60. The molecule has 7 aromatic carbocycles. The summed E-state index contributed by atoms with van der Waals surface area (Å²) in [6, 6.07) is 44.7. The van der Waals surface area contributed by atoms with Crippen LogP contribution >= 0.6 is 0 Å². The van der Waals surface area contributed by atoms with E-state index in [1.807, 2.05) is 91.0 Å². The van der Waals surface area contributed by atoms with E-state index in [1.54, 1.807) is 0 Å². The number of para-hydroxylation sites is 2. The first-order chi connectivity index (χ1) is 25.4. The monoisotopic (exact) mass is 605 g/mol. The van der Waals surface area contributed by atoms with Gasteiger partial charge in [0.15, 0.2) is 17.5 Å². The van der Waals surface area contributed by atoms with E-state index in [0.29, 0.717) is 17.2 Å². The highest BCUT2D eigenvalue weighted by molar-refractivity contribution is 6.11. The molecular formula is C43H28N4. The van der Waals surface area contributed by atoms with E-state index < -0.39 is 18.1 Å². The van der Waals surface area contributed by atoms with Gasteiger partial charge in [-0.05, 0) is 40.8 Å². The van der Waals surface area contributed by atoms with Gasteiger partial charge in [0.2, 0.25) is 0 Å². The zero-order valence-corrected chi connectivity index (χ0v) is 25.1. The van der Waals surface area contributed by atoms with E-state index in [1.165, 1.54) is 0 Å². The number of hydrogen-bond donors (Lipinski definition) is 0. The van der Waals surface area contributed by atoms with Crippen LogP contribution in [0.3, 0.4) is 0 Å². The molecule has 9 rings (SSSR count). The van der Waals surface area contributed by atoms with E-state index in [0.717, 1.165) is 55.0 Å². The van der Waals surface area contributed by atoms with Crippen molar-refractivity contribution in [1.29, 1.82) is 0 Å². The molecule has 47 heavy (non-hydrogen) atoms. The standard InChI is InChI=1S/C43H28N4/c1-3-13-29(14-4-1)30-23-25-32(26-24-30)42-44-41(31-15-5-2-6-16-31)45-43(46-42)37-27-28-40(34-18-8-7-17-33(34)37)47-38-21-11-9-19-35(38)36-20-10-12-22-39(36)47/h1-28H/i2D,5D,6D,15D,16D. The van der Waals surface area contributed by atoms with Crippen LogP contribution in [0, 0.1) is 0 Å². The summed E-state index contributed by atoms with van der Waals surface area (Å²) in [6.07, 6.45) is 0. The summed E-state index contributed by atoms with van der Waals surface area (Å²) in [4.78, 5) is 14.6. The molecule has 0 bridgehead atoms. The molecule has 0 radical (unpaired) electrons. The van der Waals surface area contributed by atoms with Crippen molar-refractivity contribution in [3.63, 3.8) is 0 Å². The Labute approximate surface area is 279 Å². The summed E-state index contributed by atoms with van der Waals surface area (Å²) in [5.74, 6) is 0.644. The number of benzene rings is 7. The first-order valence-electron chi connectivity index (χ1n) is 17.9. The fourth-order valence-electron chi connectivity index (χ4n) is 6.40. The third-order valence-corrected chi connectivity index (χ3v) is 8.57. The van der Waals surface area contributed by atoms with Crippen LogP contribution < -0.4 is 0 Å². The maximum absolute atomic E-state index is 8.74. The van der Waals surface area contributed by atoms with Gasteiger partial charge < -0.3 is 4.57 Å². The number of rotatable bonds is 5. The molecule has 0 saturated heterocycles. The Bertz CT molecular complexity index is 2770. The zero-order chi connectivity index (χ0) is 35.5. The average Bonchev–Trinajstić information content (AvgIpc) is 3.53. The van der Waals surface area contributed by atoms with Crippen molar-refractivity contribution < 1.29 is 6.85 Å². The lowest BCUT2D eigenvalue weighted by molar-refractivity contribution is 1.08. The van der Waals surface area contributed by atoms with Gasteiger partial charge in [-0.15, -0.1) is 0 Å². The molecule has 0 aliphatic heterocycles. The molecule has 0 saturated carbocycles. The Hall–Kier alpha value is -6.39. The van der Waals surface area contributed by atoms with Crippen LogP contribution in [0.15, 0.2) is 170 Å². The normalized spacial score (nSPS) is 12.9. The maximum Gasteiger partial charge on any atom is 0.164 e. The summed E-state index contributed by atoms with van der Waals surface area (Å²) in [7, 11) is 0. The predicted molar refractivity (Wildman–Crippen MR) is 193 cm³/mol. The van der Waals surface area contributed by atoms with Crippen LogP contribution in [-0.2, 0) is 0 Å². The van der Waals surface area contributed by atoms with Crippen molar-refractivity contribution in [2.75, 3.05) is 0 Å². The molecule has 0 unspecified atom stereocenters. The summed E-state index contributed by atoms with van der Waals surface area (Å²) < 4.78 is 44.6. The molecular weight excluding hydrogens is 573 g/mol.